The molecule has 0 bridgehead atoms. The highest BCUT2D eigenvalue weighted by atomic mass is 16.5. The summed E-state index contributed by atoms with van der Waals surface area (Å²) in [6.07, 6.45) is 3.80. The molecule has 0 aliphatic heterocycles. The number of ether oxygens (including phenoxy) is 1. The van der Waals surface area contributed by atoms with Crippen LogP contribution in [0.3, 0.4) is 0 Å². The normalized spacial score (nSPS) is 25.4. The first-order valence-electron chi connectivity index (χ1n) is 8.05. The zero-order chi connectivity index (χ0) is 15.7. The molecular weight excluding hydrogens is 260 g/mol. The molecule has 0 radical (unpaired) electrons. The first-order chi connectivity index (χ1) is 9.63. The summed E-state index contributed by atoms with van der Waals surface area (Å²) in [5, 5.41) is 3.39. The van der Waals surface area contributed by atoms with E-state index in [-0.39, 0.29) is 11.6 Å². The van der Waals surface area contributed by atoms with E-state index in [1.807, 2.05) is 18.2 Å². The van der Waals surface area contributed by atoms with Crippen LogP contribution in [-0.4, -0.2) is 16.6 Å². The number of anilines is 1. The van der Waals surface area contributed by atoms with Crippen molar-refractivity contribution >= 4 is 5.82 Å². The molecule has 1 aromatic rings. The maximum absolute atomic E-state index is 6.17. The number of hydrogen-bond acceptors (Lipinski definition) is 3. The Bertz CT molecular complexity index is 476. The maximum atomic E-state index is 6.17. The molecule has 3 heteroatoms. The highest BCUT2D eigenvalue weighted by Crippen LogP contribution is 2.39. The second-order valence-electron chi connectivity index (χ2n) is 8.39. The maximum Gasteiger partial charge on any atom is 0.215 e. The van der Waals surface area contributed by atoms with Gasteiger partial charge in [-0.25, -0.2) is 0 Å². The lowest BCUT2D eigenvalue weighted by atomic mass is 9.71. The van der Waals surface area contributed by atoms with Crippen LogP contribution in [0.4, 0.5) is 5.82 Å². The molecule has 3 nitrogen and oxygen atoms in total. The zero-order valence-electron chi connectivity index (χ0n) is 14.4. The van der Waals surface area contributed by atoms with Crippen molar-refractivity contribution in [2.75, 3.05) is 5.32 Å². The van der Waals surface area contributed by atoms with Crippen molar-refractivity contribution in [3.63, 3.8) is 0 Å². The number of hydrogen-bond donors (Lipinski definition) is 1. The van der Waals surface area contributed by atoms with Gasteiger partial charge in [-0.15, -0.1) is 0 Å². The number of pyridine rings is 1. The van der Waals surface area contributed by atoms with Gasteiger partial charge in [-0.3, -0.25) is 0 Å². The number of nitrogens with one attached hydrogen (secondary N) is 1. The second-order valence-corrected chi connectivity index (χ2v) is 8.39. The van der Waals surface area contributed by atoms with Crippen molar-refractivity contribution in [3.8, 4) is 5.88 Å². The summed E-state index contributed by atoms with van der Waals surface area (Å²) < 4.78 is 6.17. The van der Waals surface area contributed by atoms with Gasteiger partial charge in [-0.1, -0.05) is 26.8 Å². The highest BCUT2D eigenvalue weighted by Gasteiger charge is 2.33. The lowest BCUT2D eigenvalue weighted by Crippen LogP contribution is -2.34. The molecule has 1 fully saturated rings. The fraction of sp³-hybridized carbons (Fsp3) is 0.722. The molecule has 1 aromatic heterocycles. The van der Waals surface area contributed by atoms with Crippen LogP contribution >= 0.6 is 0 Å². The van der Waals surface area contributed by atoms with Crippen LogP contribution in [-0.2, 0) is 0 Å². The topological polar surface area (TPSA) is 34.1 Å². The first kappa shape index (κ1) is 16.1. The third kappa shape index (κ3) is 5.22. The Kier molecular flexibility index (Phi) is 4.50. The summed E-state index contributed by atoms with van der Waals surface area (Å²) >= 11 is 0. The van der Waals surface area contributed by atoms with E-state index in [1.54, 1.807) is 0 Å². The Balaban J connectivity index is 2.04. The predicted octanol–water partition coefficient (Wildman–Crippen LogP) is 4.89. The molecule has 0 amide bonds. The Labute approximate surface area is 129 Å². The smallest absolute Gasteiger partial charge is 0.215 e. The molecule has 2 rings (SSSR count). The van der Waals surface area contributed by atoms with Crippen molar-refractivity contribution in [2.45, 2.75) is 72.4 Å². The molecule has 1 aliphatic rings. The number of rotatable bonds is 3. The molecule has 1 aliphatic carbocycles. The molecule has 1 saturated carbocycles. The molecule has 0 spiro atoms. The van der Waals surface area contributed by atoms with Gasteiger partial charge in [-0.05, 0) is 57.4 Å². The van der Waals surface area contributed by atoms with Gasteiger partial charge >= 0.3 is 0 Å². The summed E-state index contributed by atoms with van der Waals surface area (Å²) in [5.41, 5.74) is 0.372. The zero-order valence-corrected chi connectivity index (χ0v) is 14.4. The fourth-order valence-electron chi connectivity index (χ4n) is 3.45. The lowest BCUT2D eigenvalue weighted by Gasteiger charge is -2.38. The number of nitrogens with zero attached hydrogens (tertiary/aromatic N) is 1. The van der Waals surface area contributed by atoms with Crippen molar-refractivity contribution in [3.05, 3.63) is 18.2 Å². The quantitative estimate of drug-likeness (QED) is 0.861. The van der Waals surface area contributed by atoms with E-state index in [2.05, 4.69) is 51.8 Å². The van der Waals surface area contributed by atoms with E-state index in [4.69, 9.17) is 4.74 Å². The van der Waals surface area contributed by atoms with Gasteiger partial charge in [0.2, 0.25) is 5.88 Å². The SMILES string of the molecule is CC1CC(Oc2cccc(NC(C)(C)C)n2)CC(C)(C)C1. The molecule has 118 valence electrons. The minimum atomic E-state index is 0.00691. The van der Waals surface area contributed by atoms with Crippen LogP contribution in [0.15, 0.2) is 18.2 Å². The monoisotopic (exact) mass is 290 g/mol. The summed E-state index contributed by atoms with van der Waals surface area (Å²) in [4.78, 5) is 4.59. The van der Waals surface area contributed by atoms with Gasteiger partial charge < -0.3 is 10.1 Å². The molecule has 0 saturated heterocycles. The third-order valence-electron chi connectivity index (χ3n) is 3.86. The average Bonchev–Trinajstić information content (AvgIpc) is 2.23. The molecule has 21 heavy (non-hydrogen) atoms. The van der Waals surface area contributed by atoms with Crippen LogP contribution in [0.5, 0.6) is 5.88 Å². The van der Waals surface area contributed by atoms with Gasteiger partial charge in [0.25, 0.3) is 0 Å². The summed E-state index contributed by atoms with van der Waals surface area (Å²) in [6.45, 7) is 13.4. The molecule has 2 unspecified atom stereocenters. The number of aromatic nitrogens is 1. The van der Waals surface area contributed by atoms with Gasteiger partial charge in [0.05, 0.1) is 0 Å². The van der Waals surface area contributed by atoms with Gasteiger partial charge in [0.1, 0.15) is 11.9 Å². The second kappa shape index (κ2) is 5.86. The Morgan fingerprint density at radius 3 is 2.57 bits per heavy atom. The Hall–Kier alpha value is -1.25. The molecule has 0 aromatic carbocycles. The van der Waals surface area contributed by atoms with E-state index < -0.39 is 0 Å². The first-order valence-corrected chi connectivity index (χ1v) is 8.05. The average molecular weight is 290 g/mol. The van der Waals surface area contributed by atoms with E-state index in [9.17, 15) is 0 Å². The van der Waals surface area contributed by atoms with E-state index in [1.165, 1.54) is 6.42 Å². The Morgan fingerprint density at radius 2 is 1.95 bits per heavy atom. The van der Waals surface area contributed by atoms with Crippen molar-refractivity contribution < 1.29 is 4.74 Å². The van der Waals surface area contributed by atoms with Crippen molar-refractivity contribution in [1.82, 2.24) is 4.98 Å². The van der Waals surface area contributed by atoms with Gasteiger partial charge in [0, 0.05) is 11.6 Å². The van der Waals surface area contributed by atoms with Crippen LogP contribution < -0.4 is 10.1 Å². The van der Waals surface area contributed by atoms with Crippen molar-refractivity contribution in [1.29, 1.82) is 0 Å². The molecule has 1 N–H and O–H groups in total. The minimum absolute atomic E-state index is 0.00691. The van der Waals surface area contributed by atoms with E-state index in [0.29, 0.717) is 5.41 Å². The molecule has 2 atom stereocenters. The van der Waals surface area contributed by atoms with Gasteiger partial charge in [0.15, 0.2) is 0 Å². The summed E-state index contributed by atoms with van der Waals surface area (Å²) in [5.74, 6) is 2.33. The van der Waals surface area contributed by atoms with Crippen LogP contribution in [0.1, 0.15) is 60.8 Å². The largest absolute Gasteiger partial charge is 0.474 e. The highest BCUT2D eigenvalue weighted by molar-refractivity contribution is 5.39. The van der Waals surface area contributed by atoms with Gasteiger partial charge in [-0.2, -0.15) is 4.98 Å². The Morgan fingerprint density at radius 1 is 1.24 bits per heavy atom. The summed E-state index contributed by atoms with van der Waals surface area (Å²) in [7, 11) is 0. The summed E-state index contributed by atoms with van der Waals surface area (Å²) in [6, 6.07) is 5.96. The molecule has 1 heterocycles. The fourth-order valence-corrected chi connectivity index (χ4v) is 3.45. The minimum Gasteiger partial charge on any atom is -0.474 e. The van der Waals surface area contributed by atoms with E-state index >= 15 is 0 Å². The van der Waals surface area contributed by atoms with Crippen LogP contribution in [0.2, 0.25) is 0 Å². The van der Waals surface area contributed by atoms with E-state index in [0.717, 1.165) is 30.5 Å². The van der Waals surface area contributed by atoms with Crippen LogP contribution in [0.25, 0.3) is 0 Å². The van der Waals surface area contributed by atoms with Crippen molar-refractivity contribution in [2.24, 2.45) is 11.3 Å². The standard InChI is InChI=1S/C18H30N2O/c1-13-10-14(12-18(5,6)11-13)21-16-9-7-8-15(19-16)20-17(2,3)4/h7-9,13-14H,10-12H2,1-6H3,(H,19,20). The molecular formula is C18H30N2O. The third-order valence-corrected chi connectivity index (χ3v) is 3.86. The lowest BCUT2D eigenvalue weighted by molar-refractivity contribution is 0.0533. The predicted molar refractivity (Wildman–Crippen MR) is 88.8 cm³/mol. The van der Waals surface area contributed by atoms with Crippen LogP contribution in [0, 0.1) is 11.3 Å².